The maximum atomic E-state index is 12.0. The summed E-state index contributed by atoms with van der Waals surface area (Å²) in [7, 11) is 0. The molecule has 0 fully saturated rings. The van der Waals surface area contributed by atoms with Gasteiger partial charge in [-0.25, -0.2) is 4.79 Å². The van der Waals surface area contributed by atoms with Crippen LogP contribution in [0.15, 0.2) is 47.4 Å². The Morgan fingerprint density at radius 2 is 1.94 bits per heavy atom. The van der Waals surface area contributed by atoms with Gasteiger partial charge in [-0.3, -0.25) is 9.36 Å². The van der Waals surface area contributed by atoms with Crippen LogP contribution in [0.4, 0.5) is 0 Å². The number of aromatic carboxylic acids is 1. The number of carboxylic acids is 1. The van der Waals surface area contributed by atoms with Gasteiger partial charge in [0.05, 0.1) is 5.56 Å². The van der Waals surface area contributed by atoms with E-state index >= 15 is 0 Å². The number of aromatic nitrogens is 1. The highest BCUT2D eigenvalue weighted by Crippen LogP contribution is 2.07. The van der Waals surface area contributed by atoms with Gasteiger partial charge in [0, 0.05) is 11.9 Å². The Labute approximate surface area is 102 Å². The van der Waals surface area contributed by atoms with Crippen molar-refractivity contribution in [1.29, 1.82) is 5.26 Å². The topological polar surface area (TPSA) is 83.1 Å². The first-order valence-electron chi connectivity index (χ1n) is 5.09. The van der Waals surface area contributed by atoms with Crippen molar-refractivity contribution in [3.63, 3.8) is 0 Å². The summed E-state index contributed by atoms with van der Waals surface area (Å²) in [4.78, 5) is 22.9. The predicted octanol–water partition coefficient (Wildman–Crippen LogP) is 1.41. The maximum absolute atomic E-state index is 12.0. The zero-order valence-corrected chi connectivity index (χ0v) is 9.20. The highest BCUT2D eigenvalue weighted by molar-refractivity contribution is 5.87. The molecule has 88 valence electrons. The lowest BCUT2D eigenvalue weighted by molar-refractivity contribution is 0.0694. The highest BCUT2D eigenvalue weighted by Gasteiger charge is 2.13. The number of pyridine rings is 1. The highest BCUT2D eigenvalue weighted by atomic mass is 16.4. The van der Waals surface area contributed by atoms with Crippen molar-refractivity contribution >= 4 is 5.97 Å². The van der Waals surface area contributed by atoms with Crippen LogP contribution in [0.3, 0.4) is 0 Å². The molecular formula is C13H8N2O3. The summed E-state index contributed by atoms with van der Waals surface area (Å²) >= 11 is 0. The van der Waals surface area contributed by atoms with Crippen LogP contribution in [0.25, 0.3) is 5.69 Å². The molecule has 1 heterocycles. The molecule has 5 heteroatoms. The summed E-state index contributed by atoms with van der Waals surface area (Å²) in [5.74, 6) is -1.35. The van der Waals surface area contributed by atoms with E-state index in [0.29, 0.717) is 5.69 Å². The fraction of sp³-hybridized carbons (Fsp3) is 0. The lowest BCUT2D eigenvalue weighted by atomic mass is 10.2. The molecule has 1 aromatic heterocycles. The molecule has 0 bridgehead atoms. The first kappa shape index (κ1) is 11.6. The summed E-state index contributed by atoms with van der Waals surface area (Å²) in [6, 6.07) is 11.5. The molecular weight excluding hydrogens is 232 g/mol. The van der Waals surface area contributed by atoms with Gasteiger partial charge in [0.2, 0.25) is 0 Å². The van der Waals surface area contributed by atoms with Crippen molar-refractivity contribution in [3.8, 4) is 11.8 Å². The van der Waals surface area contributed by atoms with Crippen LogP contribution in [0, 0.1) is 11.3 Å². The van der Waals surface area contributed by atoms with E-state index in [1.54, 1.807) is 30.3 Å². The van der Waals surface area contributed by atoms with Gasteiger partial charge in [0.1, 0.15) is 11.6 Å². The normalized spacial score (nSPS) is 9.72. The standard InChI is InChI=1S/C13H8N2O3/c14-7-9-6-11(13(17)18)12(16)15(8-9)10-4-2-1-3-5-10/h1-6,8H,(H,17,18). The van der Waals surface area contributed by atoms with Crippen molar-refractivity contribution in [2.24, 2.45) is 0 Å². The van der Waals surface area contributed by atoms with E-state index in [2.05, 4.69) is 0 Å². The Morgan fingerprint density at radius 3 is 2.50 bits per heavy atom. The zero-order chi connectivity index (χ0) is 13.1. The fourth-order valence-corrected chi connectivity index (χ4v) is 1.58. The lowest BCUT2D eigenvalue weighted by Crippen LogP contribution is -2.25. The van der Waals surface area contributed by atoms with Crippen LogP contribution in [0.2, 0.25) is 0 Å². The molecule has 0 atom stereocenters. The smallest absolute Gasteiger partial charge is 0.341 e. The fourth-order valence-electron chi connectivity index (χ4n) is 1.58. The number of hydrogen-bond acceptors (Lipinski definition) is 3. The van der Waals surface area contributed by atoms with Gasteiger partial charge in [-0.1, -0.05) is 18.2 Å². The van der Waals surface area contributed by atoms with Gasteiger partial charge in [-0.05, 0) is 18.2 Å². The third kappa shape index (κ3) is 1.99. The number of nitrogens with zero attached hydrogens (tertiary/aromatic N) is 2. The Kier molecular flexibility index (Phi) is 2.94. The zero-order valence-electron chi connectivity index (χ0n) is 9.20. The molecule has 0 radical (unpaired) electrons. The van der Waals surface area contributed by atoms with Gasteiger partial charge in [-0.2, -0.15) is 5.26 Å². The lowest BCUT2D eigenvalue weighted by Gasteiger charge is -2.07. The second kappa shape index (κ2) is 4.55. The average molecular weight is 240 g/mol. The molecule has 2 rings (SSSR count). The molecule has 1 N–H and O–H groups in total. The molecule has 1 aromatic carbocycles. The van der Waals surface area contributed by atoms with Crippen molar-refractivity contribution < 1.29 is 9.90 Å². The summed E-state index contributed by atoms with van der Waals surface area (Å²) in [6.45, 7) is 0. The number of nitriles is 1. The average Bonchev–Trinajstić information content (AvgIpc) is 2.39. The van der Waals surface area contributed by atoms with E-state index in [0.717, 1.165) is 10.6 Å². The third-order valence-corrected chi connectivity index (χ3v) is 2.41. The van der Waals surface area contributed by atoms with Crippen molar-refractivity contribution in [2.75, 3.05) is 0 Å². The molecule has 0 spiro atoms. The van der Waals surface area contributed by atoms with Crippen LogP contribution < -0.4 is 5.56 Å². The Morgan fingerprint density at radius 1 is 1.28 bits per heavy atom. The predicted molar refractivity (Wildman–Crippen MR) is 63.7 cm³/mol. The third-order valence-electron chi connectivity index (χ3n) is 2.41. The SMILES string of the molecule is N#Cc1cc(C(=O)O)c(=O)n(-c2ccccc2)c1. The first-order chi connectivity index (χ1) is 8.63. The van der Waals surface area contributed by atoms with Gasteiger partial charge in [-0.15, -0.1) is 0 Å². The van der Waals surface area contributed by atoms with Crippen molar-refractivity contribution in [1.82, 2.24) is 4.57 Å². The van der Waals surface area contributed by atoms with Crippen LogP contribution in [-0.2, 0) is 0 Å². The quantitative estimate of drug-likeness (QED) is 0.860. The van der Waals surface area contributed by atoms with Gasteiger partial charge < -0.3 is 5.11 Å². The number of carboxylic acid groups (broad SMARTS) is 1. The number of para-hydroxylation sites is 1. The summed E-state index contributed by atoms with van der Waals surface area (Å²) in [5, 5.41) is 17.8. The monoisotopic (exact) mass is 240 g/mol. The molecule has 0 amide bonds. The van der Waals surface area contributed by atoms with Crippen LogP contribution in [0.1, 0.15) is 15.9 Å². The molecule has 0 saturated carbocycles. The van der Waals surface area contributed by atoms with E-state index in [-0.39, 0.29) is 5.56 Å². The van der Waals surface area contributed by atoms with Crippen molar-refractivity contribution in [2.45, 2.75) is 0 Å². The minimum absolute atomic E-state index is 0.121. The molecule has 0 saturated heterocycles. The van der Waals surface area contributed by atoms with Gasteiger partial charge >= 0.3 is 5.97 Å². The van der Waals surface area contributed by atoms with Crippen molar-refractivity contribution in [3.05, 3.63) is 64.1 Å². The first-order valence-corrected chi connectivity index (χ1v) is 5.09. The minimum atomic E-state index is -1.35. The van der Waals surface area contributed by atoms with E-state index in [4.69, 9.17) is 10.4 Å². The number of benzene rings is 1. The summed E-state index contributed by atoms with van der Waals surface area (Å²) < 4.78 is 1.15. The molecule has 18 heavy (non-hydrogen) atoms. The Hall–Kier alpha value is -2.87. The summed E-state index contributed by atoms with van der Waals surface area (Å²) in [6.07, 6.45) is 1.32. The van der Waals surface area contributed by atoms with E-state index in [9.17, 15) is 9.59 Å². The van der Waals surface area contributed by atoms with E-state index < -0.39 is 17.1 Å². The van der Waals surface area contributed by atoms with Crippen LogP contribution >= 0.6 is 0 Å². The van der Waals surface area contributed by atoms with Gasteiger partial charge in [0.15, 0.2) is 0 Å². The number of hydrogen-bond donors (Lipinski definition) is 1. The summed E-state index contributed by atoms with van der Waals surface area (Å²) in [5.41, 5.74) is -0.441. The molecule has 0 unspecified atom stereocenters. The van der Waals surface area contributed by atoms with E-state index in [1.165, 1.54) is 6.20 Å². The van der Waals surface area contributed by atoms with Gasteiger partial charge in [0.25, 0.3) is 5.56 Å². The Bertz CT molecular complexity index is 696. The molecule has 5 nitrogen and oxygen atoms in total. The second-order valence-electron chi connectivity index (χ2n) is 3.57. The van der Waals surface area contributed by atoms with E-state index in [1.807, 2.05) is 6.07 Å². The number of carbonyl (C=O) groups is 1. The Balaban J connectivity index is 2.76. The molecule has 0 aliphatic rings. The second-order valence-corrected chi connectivity index (χ2v) is 3.57. The maximum Gasteiger partial charge on any atom is 0.341 e. The largest absolute Gasteiger partial charge is 0.477 e. The van der Waals surface area contributed by atoms with Crippen LogP contribution in [-0.4, -0.2) is 15.6 Å². The molecule has 0 aliphatic heterocycles. The molecule has 2 aromatic rings. The molecule has 0 aliphatic carbocycles. The minimum Gasteiger partial charge on any atom is -0.477 e. The van der Waals surface area contributed by atoms with Crippen LogP contribution in [0.5, 0.6) is 0 Å². The number of rotatable bonds is 2.